The maximum atomic E-state index is 14.8. The zero-order valence-corrected chi connectivity index (χ0v) is 17.0. The van der Waals surface area contributed by atoms with Crippen molar-refractivity contribution >= 4 is 39.7 Å². The van der Waals surface area contributed by atoms with Crippen molar-refractivity contribution in [2.45, 2.75) is 13.3 Å². The van der Waals surface area contributed by atoms with Crippen molar-refractivity contribution in [3.05, 3.63) is 47.8 Å². The summed E-state index contributed by atoms with van der Waals surface area (Å²) in [6, 6.07) is 3.95. The third-order valence-corrected chi connectivity index (χ3v) is 5.70. The number of aromatic nitrogens is 2. The molecule has 0 aliphatic carbocycles. The van der Waals surface area contributed by atoms with Gasteiger partial charge in [0.25, 0.3) is 0 Å². The van der Waals surface area contributed by atoms with Crippen molar-refractivity contribution in [3.8, 4) is 0 Å². The standard InChI is InChI=1S/C22H21F2N5O2/c1-13-21(26-15-10-16(12-25-11-15)28-4-6-31-7-5-28)20-17(24)8-14(23)9-18(20)27-22(13)29-3-2-19(29)30/h8-12H,2-7H2,1H3,(H,26,27). The fraction of sp³-hybridized carbons (Fsp3) is 0.318. The number of amides is 1. The van der Waals surface area contributed by atoms with Crippen molar-refractivity contribution in [1.29, 1.82) is 0 Å². The van der Waals surface area contributed by atoms with Crippen LogP contribution in [0.3, 0.4) is 0 Å². The van der Waals surface area contributed by atoms with Crippen LogP contribution in [0.2, 0.25) is 0 Å². The number of halogens is 2. The highest BCUT2D eigenvalue weighted by molar-refractivity contribution is 6.04. The van der Waals surface area contributed by atoms with E-state index in [0.717, 1.165) is 24.8 Å². The minimum Gasteiger partial charge on any atom is -0.378 e. The maximum Gasteiger partial charge on any atom is 0.229 e. The van der Waals surface area contributed by atoms with Gasteiger partial charge in [0.05, 0.1) is 53.6 Å². The number of carbonyl (C=O) groups excluding carboxylic acids is 1. The maximum absolute atomic E-state index is 14.8. The minimum atomic E-state index is -0.718. The van der Waals surface area contributed by atoms with Crippen LogP contribution in [0.15, 0.2) is 30.6 Å². The summed E-state index contributed by atoms with van der Waals surface area (Å²) in [5, 5.41) is 3.43. The van der Waals surface area contributed by atoms with Gasteiger partial charge in [-0.2, -0.15) is 0 Å². The lowest BCUT2D eigenvalue weighted by Gasteiger charge is -2.32. The summed E-state index contributed by atoms with van der Waals surface area (Å²) in [4.78, 5) is 24.5. The molecule has 1 amide bonds. The summed E-state index contributed by atoms with van der Waals surface area (Å²) in [5.74, 6) is -1.08. The van der Waals surface area contributed by atoms with Gasteiger partial charge in [-0.15, -0.1) is 0 Å². The number of nitrogens with zero attached hydrogens (tertiary/aromatic N) is 4. The van der Waals surface area contributed by atoms with E-state index in [1.807, 2.05) is 6.07 Å². The number of benzene rings is 1. The van der Waals surface area contributed by atoms with E-state index in [1.54, 1.807) is 19.3 Å². The predicted octanol–water partition coefficient (Wildman–Crippen LogP) is 3.53. The number of carbonyl (C=O) groups is 1. The molecule has 0 saturated carbocycles. The van der Waals surface area contributed by atoms with Crippen LogP contribution < -0.4 is 15.1 Å². The number of hydrogen-bond donors (Lipinski definition) is 1. The molecule has 3 aromatic rings. The molecule has 160 valence electrons. The predicted molar refractivity (Wildman–Crippen MR) is 114 cm³/mol. The first-order valence-corrected chi connectivity index (χ1v) is 10.2. The lowest BCUT2D eigenvalue weighted by Crippen LogP contribution is -2.44. The molecule has 2 aromatic heterocycles. The quantitative estimate of drug-likeness (QED) is 0.645. The van der Waals surface area contributed by atoms with Crippen LogP contribution in [0.5, 0.6) is 0 Å². The van der Waals surface area contributed by atoms with E-state index in [1.165, 1.54) is 11.0 Å². The van der Waals surface area contributed by atoms with E-state index in [2.05, 4.69) is 20.2 Å². The Labute approximate surface area is 177 Å². The van der Waals surface area contributed by atoms with Gasteiger partial charge in [-0.05, 0) is 13.0 Å². The second kappa shape index (κ2) is 7.73. The Morgan fingerprint density at radius 2 is 1.90 bits per heavy atom. The summed E-state index contributed by atoms with van der Waals surface area (Å²) >= 11 is 0. The number of anilines is 4. The topological polar surface area (TPSA) is 70.6 Å². The van der Waals surface area contributed by atoms with Crippen LogP contribution in [0, 0.1) is 18.6 Å². The molecule has 1 aromatic carbocycles. The summed E-state index contributed by atoms with van der Waals surface area (Å²) < 4.78 is 34.1. The molecule has 0 atom stereocenters. The Morgan fingerprint density at radius 3 is 2.61 bits per heavy atom. The van der Waals surface area contributed by atoms with E-state index in [-0.39, 0.29) is 16.8 Å². The number of hydrogen-bond acceptors (Lipinski definition) is 6. The second-order valence-corrected chi connectivity index (χ2v) is 7.67. The number of nitrogens with one attached hydrogen (secondary N) is 1. The normalized spacial score (nSPS) is 16.5. The van der Waals surface area contributed by atoms with Gasteiger partial charge in [-0.3, -0.25) is 14.7 Å². The van der Waals surface area contributed by atoms with Gasteiger partial charge in [0.2, 0.25) is 5.91 Å². The minimum absolute atomic E-state index is 0.0613. The lowest BCUT2D eigenvalue weighted by atomic mass is 10.1. The van der Waals surface area contributed by atoms with Gasteiger partial charge in [0, 0.05) is 43.8 Å². The van der Waals surface area contributed by atoms with Crippen molar-refractivity contribution in [1.82, 2.24) is 9.97 Å². The zero-order valence-electron chi connectivity index (χ0n) is 17.0. The molecule has 0 bridgehead atoms. The number of rotatable bonds is 4. The first-order valence-electron chi connectivity index (χ1n) is 10.2. The zero-order chi connectivity index (χ0) is 21.5. The number of fused-ring (bicyclic) bond motifs is 1. The fourth-order valence-electron chi connectivity index (χ4n) is 3.99. The fourth-order valence-corrected chi connectivity index (χ4v) is 3.99. The molecule has 1 N–H and O–H groups in total. The summed E-state index contributed by atoms with van der Waals surface area (Å²) in [6.45, 7) is 5.13. The van der Waals surface area contributed by atoms with Crippen LogP contribution in [-0.4, -0.2) is 48.7 Å². The highest BCUT2D eigenvalue weighted by atomic mass is 19.1. The molecule has 2 aliphatic heterocycles. The van der Waals surface area contributed by atoms with Crippen LogP contribution in [0.25, 0.3) is 10.9 Å². The van der Waals surface area contributed by atoms with Crippen molar-refractivity contribution in [2.75, 3.05) is 48.0 Å². The molecule has 0 radical (unpaired) electrons. The molecule has 7 nitrogen and oxygen atoms in total. The van der Waals surface area contributed by atoms with Crippen molar-refractivity contribution < 1.29 is 18.3 Å². The monoisotopic (exact) mass is 425 g/mol. The van der Waals surface area contributed by atoms with Crippen LogP contribution in [0.4, 0.5) is 31.7 Å². The van der Waals surface area contributed by atoms with E-state index >= 15 is 0 Å². The Hall–Kier alpha value is -3.33. The summed E-state index contributed by atoms with van der Waals surface area (Å²) in [7, 11) is 0. The van der Waals surface area contributed by atoms with Gasteiger partial charge in [0.15, 0.2) is 0 Å². The molecule has 0 spiro atoms. The van der Waals surface area contributed by atoms with Crippen molar-refractivity contribution in [2.24, 2.45) is 0 Å². The highest BCUT2D eigenvalue weighted by Gasteiger charge is 2.30. The van der Waals surface area contributed by atoms with Crippen LogP contribution in [-0.2, 0) is 9.53 Å². The Balaban J connectivity index is 1.60. The molecule has 2 aliphatic rings. The Morgan fingerprint density at radius 1 is 1.10 bits per heavy atom. The summed E-state index contributed by atoms with van der Waals surface area (Å²) in [6.07, 6.45) is 3.85. The third kappa shape index (κ3) is 3.54. The second-order valence-electron chi connectivity index (χ2n) is 7.67. The lowest BCUT2D eigenvalue weighted by molar-refractivity contribution is -0.122. The molecule has 2 fully saturated rings. The average Bonchev–Trinajstić information content (AvgIpc) is 2.76. The molecular formula is C22H21F2N5O2. The number of morpholine rings is 1. The third-order valence-electron chi connectivity index (χ3n) is 5.70. The van der Waals surface area contributed by atoms with Gasteiger partial charge < -0.3 is 15.0 Å². The van der Waals surface area contributed by atoms with Crippen LogP contribution >= 0.6 is 0 Å². The van der Waals surface area contributed by atoms with Crippen LogP contribution in [0.1, 0.15) is 12.0 Å². The van der Waals surface area contributed by atoms with Gasteiger partial charge in [-0.1, -0.05) is 0 Å². The first-order chi connectivity index (χ1) is 15.0. The molecule has 0 unspecified atom stereocenters. The van der Waals surface area contributed by atoms with Gasteiger partial charge in [-0.25, -0.2) is 13.8 Å². The SMILES string of the molecule is Cc1c(N2CCC2=O)nc2cc(F)cc(F)c2c1Nc1cncc(N2CCOCC2)c1. The molecule has 4 heterocycles. The van der Waals surface area contributed by atoms with Gasteiger partial charge >= 0.3 is 0 Å². The molecule has 5 rings (SSSR count). The molecule has 31 heavy (non-hydrogen) atoms. The van der Waals surface area contributed by atoms with Gasteiger partial charge in [0.1, 0.15) is 17.5 Å². The molecule has 9 heteroatoms. The Kier molecular flexibility index (Phi) is 4.90. The smallest absolute Gasteiger partial charge is 0.229 e. The largest absolute Gasteiger partial charge is 0.378 e. The highest BCUT2D eigenvalue weighted by Crippen LogP contribution is 2.38. The van der Waals surface area contributed by atoms with E-state index in [0.29, 0.717) is 48.9 Å². The average molecular weight is 425 g/mol. The number of β-lactam (4-membered cyclic amide) rings is 1. The molecular weight excluding hydrogens is 404 g/mol. The van der Waals surface area contributed by atoms with E-state index in [4.69, 9.17) is 4.74 Å². The summed E-state index contributed by atoms with van der Waals surface area (Å²) in [5.41, 5.74) is 2.79. The number of ether oxygens (including phenoxy) is 1. The number of pyridine rings is 2. The Bertz CT molecular complexity index is 1180. The molecule has 2 saturated heterocycles. The van der Waals surface area contributed by atoms with E-state index in [9.17, 15) is 13.6 Å². The van der Waals surface area contributed by atoms with E-state index < -0.39 is 11.6 Å². The first kappa shape index (κ1) is 19.6. The van der Waals surface area contributed by atoms with Crippen molar-refractivity contribution in [3.63, 3.8) is 0 Å².